The summed E-state index contributed by atoms with van der Waals surface area (Å²) in [6, 6.07) is 0. The van der Waals surface area contributed by atoms with E-state index < -0.39 is 0 Å². The van der Waals surface area contributed by atoms with Gasteiger partial charge in [-0.2, -0.15) is 0 Å². The second-order valence-corrected chi connectivity index (χ2v) is 5.19. The standard InChI is InChI=1S/C13H25N5O/c1-11(2)6-8-15-13(19)10-18-9-12(16-17-18)5-3-4-7-14/h9,11H,3-8,10,14H2,1-2H3,(H,15,19). The molecule has 0 saturated heterocycles. The van der Waals surface area contributed by atoms with Crippen LogP contribution in [0.3, 0.4) is 0 Å². The number of nitrogens with two attached hydrogens (primary N) is 1. The van der Waals surface area contributed by atoms with Crippen LogP contribution in [0.15, 0.2) is 6.20 Å². The maximum Gasteiger partial charge on any atom is 0.241 e. The van der Waals surface area contributed by atoms with Gasteiger partial charge in [0.05, 0.1) is 5.69 Å². The lowest BCUT2D eigenvalue weighted by molar-refractivity contribution is -0.121. The summed E-state index contributed by atoms with van der Waals surface area (Å²) in [6.45, 7) is 5.93. The highest BCUT2D eigenvalue weighted by atomic mass is 16.2. The smallest absolute Gasteiger partial charge is 0.241 e. The molecular weight excluding hydrogens is 242 g/mol. The molecule has 1 aromatic rings. The zero-order valence-electron chi connectivity index (χ0n) is 11.9. The van der Waals surface area contributed by atoms with Crippen molar-refractivity contribution in [3.8, 4) is 0 Å². The molecule has 1 rings (SSSR count). The van der Waals surface area contributed by atoms with Crippen molar-refractivity contribution in [3.05, 3.63) is 11.9 Å². The largest absolute Gasteiger partial charge is 0.354 e. The quantitative estimate of drug-likeness (QED) is 0.646. The van der Waals surface area contributed by atoms with Gasteiger partial charge in [-0.05, 0) is 38.1 Å². The topological polar surface area (TPSA) is 85.8 Å². The minimum atomic E-state index is -0.0148. The van der Waals surface area contributed by atoms with Crippen LogP contribution < -0.4 is 11.1 Å². The number of hydrogen-bond acceptors (Lipinski definition) is 4. The second-order valence-electron chi connectivity index (χ2n) is 5.19. The number of aryl methyl sites for hydroxylation is 1. The molecule has 6 nitrogen and oxygen atoms in total. The first-order valence-corrected chi connectivity index (χ1v) is 6.97. The molecule has 0 radical (unpaired) electrons. The van der Waals surface area contributed by atoms with Gasteiger partial charge in [0.15, 0.2) is 0 Å². The lowest BCUT2D eigenvalue weighted by atomic mass is 10.1. The lowest BCUT2D eigenvalue weighted by Crippen LogP contribution is -2.29. The molecule has 0 aliphatic carbocycles. The maximum absolute atomic E-state index is 11.6. The normalized spacial score (nSPS) is 10.9. The number of carbonyl (C=O) groups excluding carboxylic acids is 1. The van der Waals surface area contributed by atoms with Gasteiger partial charge in [0.2, 0.25) is 5.91 Å². The van der Waals surface area contributed by atoms with Crippen LogP contribution in [0, 0.1) is 5.92 Å². The van der Waals surface area contributed by atoms with Crippen LogP contribution in [0.1, 0.15) is 38.8 Å². The Kier molecular flexibility index (Phi) is 7.10. The fourth-order valence-electron chi connectivity index (χ4n) is 1.68. The minimum absolute atomic E-state index is 0.0148. The van der Waals surface area contributed by atoms with Crippen molar-refractivity contribution in [1.82, 2.24) is 20.3 Å². The Morgan fingerprint density at radius 1 is 1.47 bits per heavy atom. The van der Waals surface area contributed by atoms with Crippen LogP contribution in [-0.2, 0) is 17.8 Å². The Morgan fingerprint density at radius 3 is 2.95 bits per heavy atom. The molecule has 0 unspecified atom stereocenters. The highest BCUT2D eigenvalue weighted by Gasteiger charge is 2.06. The van der Waals surface area contributed by atoms with Crippen LogP contribution >= 0.6 is 0 Å². The molecule has 108 valence electrons. The molecule has 1 heterocycles. The summed E-state index contributed by atoms with van der Waals surface area (Å²) in [5.41, 5.74) is 6.36. The van der Waals surface area contributed by atoms with Crippen LogP contribution in [-0.4, -0.2) is 34.0 Å². The summed E-state index contributed by atoms with van der Waals surface area (Å²) in [6.07, 6.45) is 5.69. The van der Waals surface area contributed by atoms with Crippen molar-refractivity contribution in [3.63, 3.8) is 0 Å². The minimum Gasteiger partial charge on any atom is -0.354 e. The highest BCUT2D eigenvalue weighted by molar-refractivity contribution is 5.75. The molecular formula is C13H25N5O. The lowest BCUT2D eigenvalue weighted by Gasteiger charge is -2.06. The molecule has 19 heavy (non-hydrogen) atoms. The van der Waals surface area contributed by atoms with Crippen LogP contribution in [0.25, 0.3) is 0 Å². The van der Waals surface area contributed by atoms with E-state index in [1.54, 1.807) is 4.68 Å². The Morgan fingerprint density at radius 2 is 2.26 bits per heavy atom. The van der Waals surface area contributed by atoms with Gasteiger partial charge in [-0.25, -0.2) is 4.68 Å². The van der Waals surface area contributed by atoms with Crippen molar-refractivity contribution in [1.29, 1.82) is 0 Å². The van der Waals surface area contributed by atoms with E-state index in [1.807, 2.05) is 6.20 Å². The Labute approximate surface area is 114 Å². The van der Waals surface area contributed by atoms with Gasteiger partial charge in [-0.15, -0.1) is 5.10 Å². The van der Waals surface area contributed by atoms with E-state index >= 15 is 0 Å². The summed E-state index contributed by atoms with van der Waals surface area (Å²) in [7, 11) is 0. The third-order valence-electron chi connectivity index (χ3n) is 2.82. The third-order valence-corrected chi connectivity index (χ3v) is 2.82. The van der Waals surface area contributed by atoms with E-state index in [4.69, 9.17) is 5.73 Å². The van der Waals surface area contributed by atoms with Gasteiger partial charge in [0.25, 0.3) is 0 Å². The number of amides is 1. The molecule has 0 fully saturated rings. The number of nitrogens with one attached hydrogen (secondary N) is 1. The average molecular weight is 267 g/mol. The predicted molar refractivity (Wildman–Crippen MR) is 74.5 cm³/mol. The summed E-state index contributed by atoms with van der Waals surface area (Å²) < 4.78 is 1.59. The van der Waals surface area contributed by atoms with E-state index in [0.29, 0.717) is 19.0 Å². The van der Waals surface area contributed by atoms with Crippen molar-refractivity contribution in [2.24, 2.45) is 11.7 Å². The number of nitrogens with zero attached hydrogens (tertiary/aromatic N) is 3. The number of hydrogen-bond donors (Lipinski definition) is 2. The Balaban J connectivity index is 2.26. The van der Waals surface area contributed by atoms with Crippen molar-refractivity contribution >= 4 is 5.91 Å². The van der Waals surface area contributed by atoms with E-state index in [-0.39, 0.29) is 12.5 Å². The molecule has 1 aromatic heterocycles. The van der Waals surface area contributed by atoms with Crippen LogP contribution in [0.5, 0.6) is 0 Å². The Hall–Kier alpha value is -1.43. The van der Waals surface area contributed by atoms with Gasteiger partial charge in [-0.1, -0.05) is 19.1 Å². The van der Waals surface area contributed by atoms with Gasteiger partial charge in [0, 0.05) is 12.7 Å². The molecule has 0 aromatic carbocycles. The van der Waals surface area contributed by atoms with Crippen molar-refractivity contribution < 1.29 is 4.79 Å². The number of carbonyl (C=O) groups is 1. The fraction of sp³-hybridized carbons (Fsp3) is 0.769. The summed E-state index contributed by atoms with van der Waals surface area (Å²) in [5.74, 6) is 0.583. The van der Waals surface area contributed by atoms with E-state index in [9.17, 15) is 4.79 Å². The molecule has 6 heteroatoms. The zero-order valence-corrected chi connectivity index (χ0v) is 11.9. The molecule has 0 bridgehead atoms. The molecule has 0 atom stereocenters. The van der Waals surface area contributed by atoms with Crippen LogP contribution in [0.4, 0.5) is 0 Å². The predicted octanol–water partition coefficient (Wildman–Crippen LogP) is 0.722. The van der Waals surface area contributed by atoms with Gasteiger partial charge in [0.1, 0.15) is 6.54 Å². The number of aromatic nitrogens is 3. The molecule has 3 N–H and O–H groups in total. The average Bonchev–Trinajstić information content (AvgIpc) is 2.76. The summed E-state index contributed by atoms with van der Waals surface area (Å²) in [5, 5.41) is 10.9. The first-order chi connectivity index (χ1) is 9.11. The maximum atomic E-state index is 11.6. The molecule has 0 aliphatic heterocycles. The van der Waals surface area contributed by atoms with Crippen LogP contribution in [0.2, 0.25) is 0 Å². The summed E-state index contributed by atoms with van der Waals surface area (Å²) >= 11 is 0. The van der Waals surface area contributed by atoms with Gasteiger partial charge in [-0.3, -0.25) is 4.79 Å². The first kappa shape index (κ1) is 15.6. The molecule has 0 aliphatic rings. The van der Waals surface area contributed by atoms with E-state index in [1.165, 1.54) is 0 Å². The van der Waals surface area contributed by atoms with Crippen molar-refractivity contribution in [2.45, 2.75) is 46.1 Å². The van der Waals surface area contributed by atoms with Gasteiger partial charge >= 0.3 is 0 Å². The van der Waals surface area contributed by atoms with E-state index in [2.05, 4.69) is 29.5 Å². The summed E-state index contributed by atoms with van der Waals surface area (Å²) in [4.78, 5) is 11.6. The molecule has 0 spiro atoms. The van der Waals surface area contributed by atoms with Crippen molar-refractivity contribution in [2.75, 3.05) is 13.1 Å². The first-order valence-electron chi connectivity index (χ1n) is 6.97. The number of unbranched alkanes of at least 4 members (excludes halogenated alkanes) is 1. The van der Waals surface area contributed by atoms with E-state index in [0.717, 1.165) is 31.4 Å². The highest BCUT2D eigenvalue weighted by Crippen LogP contribution is 2.00. The SMILES string of the molecule is CC(C)CCNC(=O)Cn1cc(CCCCN)nn1. The molecule has 1 amide bonds. The molecule has 0 saturated carbocycles. The Bertz CT molecular complexity index is 375. The monoisotopic (exact) mass is 267 g/mol. The fourth-order valence-corrected chi connectivity index (χ4v) is 1.68. The third kappa shape index (κ3) is 6.91. The zero-order chi connectivity index (χ0) is 14.1. The second kappa shape index (κ2) is 8.63. The van der Waals surface area contributed by atoms with Gasteiger partial charge < -0.3 is 11.1 Å². The number of rotatable bonds is 9.